The Balaban J connectivity index is 3.16. The van der Waals surface area contributed by atoms with Crippen LogP contribution in [0.5, 0.6) is 0 Å². The number of nitrogens with zero attached hydrogens (tertiary/aromatic N) is 1. The van der Waals surface area contributed by atoms with Crippen molar-refractivity contribution >= 4 is 5.57 Å². The van der Waals surface area contributed by atoms with Crippen LogP contribution in [0.2, 0.25) is 0 Å². The molecule has 0 heterocycles. The molecule has 1 nitrogen and oxygen atoms in total. The van der Waals surface area contributed by atoms with Crippen LogP contribution in [0.3, 0.4) is 0 Å². The van der Waals surface area contributed by atoms with Gasteiger partial charge in [-0.3, -0.25) is 0 Å². The van der Waals surface area contributed by atoms with Crippen LogP contribution >= 0.6 is 0 Å². The Morgan fingerprint density at radius 1 is 1.27 bits per heavy atom. The number of rotatable bonds is 2. The van der Waals surface area contributed by atoms with Gasteiger partial charge in [-0.15, -0.1) is 0 Å². The zero-order valence-electron chi connectivity index (χ0n) is 9.83. The molecule has 15 heavy (non-hydrogen) atoms. The van der Waals surface area contributed by atoms with Crippen LogP contribution < -0.4 is 0 Å². The van der Waals surface area contributed by atoms with Gasteiger partial charge in [-0.25, -0.2) is 0 Å². The van der Waals surface area contributed by atoms with Crippen LogP contribution in [0.1, 0.15) is 30.5 Å². The standard InChI is InChI=1S/C14H17N/c1-10(2)7-14(9-15)13-6-5-11(3)12(4)8-13/h5-8,10H,1-4H3/b14-7+. The van der Waals surface area contributed by atoms with Crippen LogP contribution in [0.4, 0.5) is 0 Å². The number of allylic oxidation sites excluding steroid dienone is 2. The van der Waals surface area contributed by atoms with Crippen LogP contribution in [0.15, 0.2) is 24.3 Å². The van der Waals surface area contributed by atoms with E-state index in [2.05, 4.69) is 45.9 Å². The highest BCUT2D eigenvalue weighted by atomic mass is 14.2. The summed E-state index contributed by atoms with van der Waals surface area (Å²) >= 11 is 0. The van der Waals surface area contributed by atoms with E-state index in [0.29, 0.717) is 5.92 Å². The maximum atomic E-state index is 9.07. The van der Waals surface area contributed by atoms with Crippen molar-refractivity contribution in [2.45, 2.75) is 27.7 Å². The van der Waals surface area contributed by atoms with Gasteiger partial charge < -0.3 is 0 Å². The Kier molecular flexibility index (Phi) is 3.68. The van der Waals surface area contributed by atoms with E-state index >= 15 is 0 Å². The molecule has 0 spiro atoms. The second-order valence-corrected chi connectivity index (χ2v) is 4.24. The molecule has 1 aromatic carbocycles. The summed E-state index contributed by atoms with van der Waals surface area (Å²) in [4.78, 5) is 0. The van der Waals surface area contributed by atoms with Gasteiger partial charge in [0.15, 0.2) is 0 Å². The van der Waals surface area contributed by atoms with E-state index in [1.165, 1.54) is 11.1 Å². The molecule has 0 bridgehead atoms. The minimum absolute atomic E-state index is 0.404. The fourth-order valence-electron chi connectivity index (χ4n) is 1.44. The summed E-state index contributed by atoms with van der Waals surface area (Å²) in [6.45, 7) is 8.32. The third-order valence-electron chi connectivity index (χ3n) is 2.44. The number of benzene rings is 1. The summed E-state index contributed by atoms with van der Waals surface area (Å²) in [5.41, 5.74) is 4.29. The Labute approximate surface area is 92.1 Å². The van der Waals surface area contributed by atoms with Gasteiger partial charge in [0.05, 0.1) is 11.6 Å². The highest BCUT2D eigenvalue weighted by Gasteiger charge is 2.02. The van der Waals surface area contributed by atoms with Gasteiger partial charge in [-0.05, 0) is 36.5 Å². The van der Waals surface area contributed by atoms with Crippen molar-refractivity contribution in [2.24, 2.45) is 5.92 Å². The minimum Gasteiger partial charge on any atom is -0.192 e. The van der Waals surface area contributed by atoms with Crippen molar-refractivity contribution in [1.82, 2.24) is 0 Å². The molecular formula is C14H17N. The van der Waals surface area contributed by atoms with Gasteiger partial charge in [0.25, 0.3) is 0 Å². The molecular weight excluding hydrogens is 182 g/mol. The number of hydrogen-bond acceptors (Lipinski definition) is 1. The third-order valence-corrected chi connectivity index (χ3v) is 2.44. The van der Waals surface area contributed by atoms with Crippen LogP contribution in [0.25, 0.3) is 5.57 Å². The molecule has 0 fully saturated rings. The molecule has 0 unspecified atom stereocenters. The molecule has 0 amide bonds. The fourth-order valence-corrected chi connectivity index (χ4v) is 1.44. The monoisotopic (exact) mass is 199 g/mol. The summed E-state index contributed by atoms with van der Waals surface area (Å²) in [5, 5.41) is 9.07. The van der Waals surface area contributed by atoms with Crippen molar-refractivity contribution in [3.05, 3.63) is 41.0 Å². The van der Waals surface area contributed by atoms with E-state index in [4.69, 9.17) is 5.26 Å². The zero-order valence-corrected chi connectivity index (χ0v) is 9.83. The first-order valence-electron chi connectivity index (χ1n) is 5.24. The van der Waals surface area contributed by atoms with Crippen LogP contribution in [0, 0.1) is 31.1 Å². The maximum Gasteiger partial charge on any atom is 0.0994 e. The molecule has 0 saturated heterocycles. The van der Waals surface area contributed by atoms with Gasteiger partial charge in [-0.2, -0.15) is 5.26 Å². The van der Waals surface area contributed by atoms with Gasteiger partial charge in [0.1, 0.15) is 0 Å². The molecule has 0 aliphatic heterocycles. The number of nitriles is 1. The average Bonchev–Trinajstić information content (AvgIpc) is 2.18. The summed E-state index contributed by atoms with van der Waals surface area (Å²) in [6.07, 6.45) is 2.00. The molecule has 1 rings (SSSR count). The first-order chi connectivity index (χ1) is 7.04. The van der Waals surface area contributed by atoms with Crippen molar-refractivity contribution in [2.75, 3.05) is 0 Å². The Bertz CT molecular complexity index is 419. The zero-order chi connectivity index (χ0) is 11.4. The van der Waals surface area contributed by atoms with E-state index in [1.807, 2.05) is 12.1 Å². The highest BCUT2D eigenvalue weighted by molar-refractivity contribution is 5.77. The van der Waals surface area contributed by atoms with Gasteiger partial charge >= 0.3 is 0 Å². The van der Waals surface area contributed by atoms with Crippen LogP contribution in [-0.2, 0) is 0 Å². The lowest BCUT2D eigenvalue weighted by atomic mass is 9.99. The topological polar surface area (TPSA) is 23.8 Å². The lowest BCUT2D eigenvalue weighted by Gasteiger charge is -2.05. The lowest BCUT2D eigenvalue weighted by Crippen LogP contribution is -1.89. The third kappa shape index (κ3) is 2.95. The molecule has 0 aliphatic rings. The Morgan fingerprint density at radius 2 is 1.93 bits per heavy atom. The molecule has 78 valence electrons. The van der Waals surface area contributed by atoms with Gasteiger partial charge in [0.2, 0.25) is 0 Å². The second-order valence-electron chi connectivity index (χ2n) is 4.24. The summed E-state index contributed by atoms with van der Waals surface area (Å²) in [6, 6.07) is 8.41. The molecule has 0 radical (unpaired) electrons. The number of hydrogen-bond donors (Lipinski definition) is 0. The van der Waals surface area contributed by atoms with Crippen LogP contribution in [-0.4, -0.2) is 0 Å². The lowest BCUT2D eigenvalue weighted by molar-refractivity contribution is 0.834. The SMILES string of the molecule is Cc1ccc(/C(C#N)=C/C(C)C)cc1C. The molecule has 0 N–H and O–H groups in total. The van der Waals surface area contributed by atoms with Crippen molar-refractivity contribution in [3.63, 3.8) is 0 Å². The molecule has 0 aliphatic carbocycles. The van der Waals surface area contributed by atoms with E-state index < -0.39 is 0 Å². The summed E-state index contributed by atoms with van der Waals surface area (Å²) in [5.74, 6) is 0.404. The Hall–Kier alpha value is -1.55. The van der Waals surface area contributed by atoms with E-state index in [1.54, 1.807) is 0 Å². The molecule has 0 atom stereocenters. The molecule has 0 aromatic heterocycles. The van der Waals surface area contributed by atoms with Crippen molar-refractivity contribution in [1.29, 1.82) is 5.26 Å². The summed E-state index contributed by atoms with van der Waals surface area (Å²) in [7, 11) is 0. The maximum absolute atomic E-state index is 9.07. The Morgan fingerprint density at radius 3 is 2.40 bits per heavy atom. The van der Waals surface area contributed by atoms with E-state index in [9.17, 15) is 0 Å². The smallest absolute Gasteiger partial charge is 0.0994 e. The normalized spacial score (nSPS) is 11.6. The quantitative estimate of drug-likeness (QED) is 0.663. The first-order valence-corrected chi connectivity index (χ1v) is 5.24. The molecule has 0 saturated carbocycles. The average molecular weight is 199 g/mol. The van der Waals surface area contributed by atoms with E-state index in [-0.39, 0.29) is 0 Å². The van der Waals surface area contributed by atoms with Gasteiger partial charge in [-0.1, -0.05) is 38.1 Å². The van der Waals surface area contributed by atoms with Gasteiger partial charge in [0, 0.05) is 0 Å². The molecule has 1 aromatic rings. The van der Waals surface area contributed by atoms with Crippen molar-refractivity contribution in [3.8, 4) is 6.07 Å². The summed E-state index contributed by atoms with van der Waals surface area (Å²) < 4.78 is 0. The van der Waals surface area contributed by atoms with Crippen molar-refractivity contribution < 1.29 is 0 Å². The fraction of sp³-hybridized carbons (Fsp3) is 0.357. The predicted octanol–water partition coefficient (Wildman–Crippen LogP) is 3.87. The molecule has 1 heteroatoms. The number of aryl methyl sites for hydroxylation is 2. The second kappa shape index (κ2) is 4.79. The minimum atomic E-state index is 0.404. The largest absolute Gasteiger partial charge is 0.192 e. The van der Waals surface area contributed by atoms with E-state index in [0.717, 1.165) is 11.1 Å². The highest BCUT2D eigenvalue weighted by Crippen LogP contribution is 2.19. The first kappa shape index (κ1) is 11.5. The predicted molar refractivity (Wildman–Crippen MR) is 64.3 cm³/mol.